The van der Waals surface area contributed by atoms with Crippen LogP contribution in [0.3, 0.4) is 0 Å². The third-order valence-electron chi connectivity index (χ3n) is 4.71. The number of unbranched alkanes of at least 4 members (excludes halogenated alkanes) is 1. The van der Waals surface area contributed by atoms with Crippen LogP contribution in [-0.4, -0.2) is 29.4 Å². The van der Waals surface area contributed by atoms with Crippen LogP contribution in [0.15, 0.2) is 0 Å². The number of carbonyl (C=O) groups is 1. The lowest BCUT2D eigenvalue weighted by atomic mass is 9.78. The molecule has 2 rings (SSSR count). The van der Waals surface area contributed by atoms with Crippen molar-refractivity contribution in [1.82, 2.24) is 4.90 Å². The van der Waals surface area contributed by atoms with Crippen molar-refractivity contribution >= 4 is 5.91 Å². The predicted molar refractivity (Wildman–Crippen MR) is 74.2 cm³/mol. The molecule has 104 valence electrons. The minimum Gasteiger partial charge on any atom is -0.338 e. The van der Waals surface area contributed by atoms with Gasteiger partial charge in [0, 0.05) is 12.6 Å². The summed E-state index contributed by atoms with van der Waals surface area (Å²) in [7, 11) is 0. The van der Waals surface area contributed by atoms with Gasteiger partial charge in [0.15, 0.2) is 0 Å². The molecule has 2 N–H and O–H groups in total. The number of likely N-dealkylation sites (tertiary alicyclic amines) is 1. The lowest BCUT2D eigenvalue weighted by Crippen LogP contribution is -2.54. The SMILES string of the molecule is CCCC[C@H](N)C(=O)N1CCC[C@H]2CCCC[C@H]21. The van der Waals surface area contributed by atoms with E-state index in [2.05, 4.69) is 11.8 Å². The summed E-state index contributed by atoms with van der Waals surface area (Å²) in [6.45, 7) is 3.09. The van der Waals surface area contributed by atoms with Gasteiger partial charge in [-0.15, -0.1) is 0 Å². The second-order valence-corrected chi connectivity index (χ2v) is 6.03. The number of hydrogen-bond acceptors (Lipinski definition) is 2. The summed E-state index contributed by atoms with van der Waals surface area (Å²) in [5, 5.41) is 0. The minimum atomic E-state index is -0.259. The number of nitrogens with two attached hydrogens (primary N) is 1. The number of nitrogens with zero attached hydrogens (tertiary/aromatic N) is 1. The van der Waals surface area contributed by atoms with E-state index >= 15 is 0 Å². The van der Waals surface area contributed by atoms with E-state index in [1.165, 1.54) is 38.5 Å². The van der Waals surface area contributed by atoms with Gasteiger partial charge >= 0.3 is 0 Å². The molecule has 0 unspecified atom stereocenters. The van der Waals surface area contributed by atoms with E-state index < -0.39 is 0 Å². The zero-order valence-corrected chi connectivity index (χ0v) is 11.7. The van der Waals surface area contributed by atoms with Crippen molar-refractivity contribution in [3.8, 4) is 0 Å². The highest BCUT2D eigenvalue weighted by Gasteiger charge is 2.36. The Kier molecular flexibility index (Phi) is 5.04. The summed E-state index contributed by atoms with van der Waals surface area (Å²) >= 11 is 0. The first kappa shape index (κ1) is 13.9. The molecule has 1 saturated heterocycles. The van der Waals surface area contributed by atoms with Crippen LogP contribution in [0.1, 0.15) is 64.7 Å². The molecule has 1 aliphatic carbocycles. The van der Waals surface area contributed by atoms with Gasteiger partial charge in [-0.25, -0.2) is 0 Å². The number of fused-ring (bicyclic) bond motifs is 1. The molecule has 0 spiro atoms. The average Bonchev–Trinajstić information content (AvgIpc) is 2.43. The van der Waals surface area contributed by atoms with E-state index in [-0.39, 0.29) is 11.9 Å². The fourth-order valence-electron chi connectivity index (χ4n) is 3.66. The number of rotatable bonds is 4. The molecule has 0 aromatic heterocycles. The quantitative estimate of drug-likeness (QED) is 0.836. The van der Waals surface area contributed by atoms with E-state index in [0.717, 1.165) is 31.7 Å². The van der Waals surface area contributed by atoms with Crippen molar-refractivity contribution in [1.29, 1.82) is 0 Å². The fraction of sp³-hybridized carbons (Fsp3) is 0.933. The first-order valence-electron chi connectivity index (χ1n) is 7.80. The van der Waals surface area contributed by atoms with Crippen LogP contribution in [0, 0.1) is 5.92 Å². The molecule has 18 heavy (non-hydrogen) atoms. The maximum atomic E-state index is 12.5. The number of piperidine rings is 1. The Balaban J connectivity index is 1.95. The lowest BCUT2D eigenvalue weighted by Gasteiger charge is -2.45. The van der Waals surface area contributed by atoms with Crippen LogP contribution in [-0.2, 0) is 4.79 Å². The molecule has 3 atom stereocenters. The molecule has 2 fully saturated rings. The number of carbonyl (C=O) groups excluding carboxylic acids is 1. The summed E-state index contributed by atoms with van der Waals surface area (Å²) in [4.78, 5) is 14.6. The van der Waals surface area contributed by atoms with Crippen molar-refractivity contribution in [3.63, 3.8) is 0 Å². The lowest BCUT2D eigenvalue weighted by molar-refractivity contribution is -0.139. The molecule has 0 aromatic rings. The van der Waals surface area contributed by atoms with Gasteiger partial charge < -0.3 is 10.6 Å². The van der Waals surface area contributed by atoms with Crippen LogP contribution in [0.25, 0.3) is 0 Å². The van der Waals surface area contributed by atoms with E-state index in [9.17, 15) is 4.79 Å². The smallest absolute Gasteiger partial charge is 0.239 e. The molecular formula is C15H28N2O. The molecule has 1 heterocycles. The van der Waals surface area contributed by atoms with E-state index in [0.29, 0.717) is 6.04 Å². The standard InChI is InChI=1S/C15H28N2O/c1-2-3-9-13(16)15(18)17-11-6-8-12-7-4-5-10-14(12)17/h12-14H,2-11,16H2,1H3/t12-,13+,14-/m1/s1. The third kappa shape index (κ3) is 3.05. The maximum absolute atomic E-state index is 12.5. The molecule has 3 heteroatoms. The Morgan fingerprint density at radius 1 is 1.28 bits per heavy atom. The van der Waals surface area contributed by atoms with E-state index in [4.69, 9.17) is 5.73 Å². The first-order chi connectivity index (χ1) is 8.74. The van der Waals surface area contributed by atoms with Crippen molar-refractivity contribution < 1.29 is 4.79 Å². The van der Waals surface area contributed by atoms with Gasteiger partial charge in [0.2, 0.25) is 5.91 Å². The van der Waals surface area contributed by atoms with E-state index in [1.807, 2.05) is 0 Å². The molecule has 0 bridgehead atoms. The van der Waals surface area contributed by atoms with Crippen molar-refractivity contribution in [3.05, 3.63) is 0 Å². The van der Waals surface area contributed by atoms with Gasteiger partial charge in [0.25, 0.3) is 0 Å². The summed E-state index contributed by atoms with van der Waals surface area (Å²) in [5.74, 6) is 0.981. The zero-order valence-electron chi connectivity index (χ0n) is 11.7. The second-order valence-electron chi connectivity index (χ2n) is 6.03. The van der Waals surface area contributed by atoms with Crippen LogP contribution >= 0.6 is 0 Å². The predicted octanol–water partition coefficient (Wildman–Crippen LogP) is 2.69. The molecule has 0 aromatic carbocycles. The third-order valence-corrected chi connectivity index (χ3v) is 4.71. The maximum Gasteiger partial charge on any atom is 0.239 e. The second kappa shape index (κ2) is 6.55. The topological polar surface area (TPSA) is 46.3 Å². The molecule has 1 amide bonds. The van der Waals surface area contributed by atoms with Crippen LogP contribution < -0.4 is 5.73 Å². The summed E-state index contributed by atoms with van der Waals surface area (Å²) in [6.07, 6.45) is 10.7. The first-order valence-corrected chi connectivity index (χ1v) is 7.80. The summed E-state index contributed by atoms with van der Waals surface area (Å²) in [6, 6.07) is 0.248. The molecule has 3 nitrogen and oxygen atoms in total. The van der Waals surface area contributed by atoms with Gasteiger partial charge in [0.1, 0.15) is 0 Å². The monoisotopic (exact) mass is 252 g/mol. The minimum absolute atomic E-state index is 0.222. The molecule has 2 aliphatic rings. The summed E-state index contributed by atoms with van der Waals surface area (Å²) in [5.41, 5.74) is 6.06. The summed E-state index contributed by atoms with van der Waals surface area (Å²) < 4.78 is 0. The number of amides is 1. The molecular weight excluding hydrogens is 224 g/mol. The Labute approximate surface area is 111 Å². The van der Waals surface area contributed by atoms with Crippen molar-refractivity contribution in [2.24, 2.45) is 11.7 Å². The molecule has 1 aliphatic heterocycles. The van der Waals surface area contributed by atoms with Gasteiger partial charge in [-0.2, -0.15) is 0 Å². The van der Waals surface area contributed by atoms with Crippen LogP contribution in [0.4, 0.5) is 0 Å². The Morgan fingerprint density at radius 2 is 2.00 bits per heavy atom. The zero-order chi connectivity index (χ0) is 13.0. The largest absolute Gasteiger partial charge is 0.338 e. The fourth-order valence-corrected chi connectivity index (χ4v) is 3.66. The highest BCUT2D eigenvalue weighted by atomic mass is 16.2. The van der Waals surface area contributed by atoms with Crippen LogP contribution in [0.2, 0.25) is 0 Å². The number of hydrogen-bond donors (Lipinski definition) is 1. The van der Waals surface area contributed by atoms with Gasteiger partial charge in [0.05, 0.1) is 6.04 Å². The Bertz CT molecular complexity index is 278. The highest BCUT2D eigenvalue weighted by Crippen LogP contribution is 2.35. The van der Waals surface area contributed by atoms with Crippen LogP contribution in [0.5, 0.6) is 0 Å². The Hall–Kier alpha value is -0.570. The highest BCUT2D eigenvalue weighted by molar-refractivity contribution is 5.82. The van der Waals surface area contributed by atoms with Crippen molar-refractivity contribution in [2.45, 2.75) is 76.8 Å². The van der Waals surface area contributed by atoms with E-state index in [1.54, 1.807) is 0 Å². The normalized spacial score (nSPS) is 29.8. The van der Waals surface area contributed by atoms with Crippen molar-refractivity contribution in [2.75, 3.05) is 6.54 Å². The van der Waals surface area contributed by atoms with Gasteiger partial charge in [-0.05, 0) is 38.0 Å². The van der Waals surface area contributed by atoms with Gasteiger partial charge in [-0.3, -0.25) is 4.79 Å². The molecule has 0 radical (unpaired) electrons. The Morgan fingerprint density at radius 3 is 2.78 bits per heavy atom. The average molecular weight is 252 g/mol. The molecule has 1 saturated carbocycles. The van der Waals surface area contributed by atoms with Gasteiger partial charge in [-0.1, -0.05) is 32.6 Å².